The van der Waals surface area contributed by atoms with Crippen LogP contribution in [0.3, 0.4) is 0 Å². The Bertz CT molecular complexity index is 903. The van der Waals surface area contributed by atoms with Crippen molar-refractivity contribution in [2.45, 2.75) is 45.4 Å². The van der Waals surface area contributed by atoms with Gasteiger partial charge in [0, 0.05) is 17.6 Å². The fourth-order valence-corrected chi connectivity index (χ4v) is 3.33. The van der Waals surface area contributed by atoms with Gasteiger partial charge in [-0.15, -0.1) is 0 Å². The number of anilines is 1. The summed E-state index contributed by atoms with van der Waals surface area (Å²) in [5.74, 6) is 1.18. The summed E-state index contributed by atoms with van der Waals surface area (Å²) in [7, 11) is 3.89. The van der Waals surface area contributed by atoms with E-state index in [4.69, 9.17) is 23.5 Å². The molecule has 1 N–H and O–H groups in total. The zero-order valence-electron chi connectivity index (χ0n) is 18.6. The van der Waals surface area contributed by atoms with Crippen molar-refractivity contribution >= 4 is 18.3 Å². The van der Waals surface area contributed by atoms with Crippen LogP contribution in [-0.4, -0.2) is 39.6 Å². The predicted molar refractivity (Wildman–Crippen MR) is 116 cm³/mol. The molecule has 0 unspecified atom stereocenters. The van der Waals surface area contributed by atoms with E-state index in [1.165, 1.54) is 0 Å². The second-order valence-electron chi connectivity index (χ2n) is 8.14. The molecule has 162 valence electrons. The molecule has 6 nitrogen and oxygen atoms in total. The van der Waals surface area contributed by atoms with Crippen LogP contribution < -0.4 is 25.0 Å². The summed E-state index contributed by atoms with van der Waals surface area (Å²) in [5.41, 5.74) is 0.425. The maximum Gasteiger partial charge on any atom is 0.497 e. The molecule has 2 aromatic carbocycles. The molecule has 0 bridgehead atoms. The number of ether oxygens (including phenoxy) is 3. The van der Waals surface area contributed by atoms with Gasteiger partial charge >= 0.3 is 7.12 Å². The van der Waals surface area contributed by atoms with Crippen LogP contribution in [0.2, 0.25) is 0 Å². The van der Waals surface area contributed by atoms with Gasteiger partial charge in [0.2, 0.25) is 5.75 Å². The van der Waals surface area contributed by atoms with Gasteiger partial charge < -0.3 is 28.8 Å². The Morgan fingerprint density at radius 1 is 0.900 bits per heavy atom. The molecule has 0 amide bonds. The summed E-state index contributed by atoms with van der Waals surface area (Å²) < 4.78 is 43.5. The van der Waals surface area contributed by atoms with Gasteiger partial charge in [0.25, 0.3) is 0 Å². The summed E-state index contributed by atoms with van der Waals surface area (Å²) in [5, 5.41) is 3.14. The van der Waals surface area contributed by atoms with E-state index in [1.54, 1.807) is 45.6 Å². The molecule has 1 fully saturated rings. The number of methoxy groups -OCH3 is 3. The Hall–Kier alpha value is -2.45. The monoisotopic (exact) mass is 417 g/mol. The minimum Gasteiger partial charge on any atom is -0.493 e. The first kappa shape index (κ1) is 22.2. The molecule has 0 aromatic heterocycles. The number of hydrogen-bond acceptors (Lipinski definition) is 6. The van der Waals surface area contributed by atoms with Gasteiger partial charge in [0.05, 0.1) is 38.2 Å². The standard InChI is InChI=1S/C22H29BFNO5/c1-21(2)22(3,4)30-23(29-21)15-9-8-10-16(18(15)24)25-13-14-11-12-17(26-5)20(28-7)19(14)27-6/h8-12,25H,13H2,1-7H3. The second kappa shape index (κ2) is 8.36. The van der Waals surface area contributed by atoms with Crippen molar-refractivity contribution in [1.82, 2.24) is 0 Å². The van der Waals surface area contributed by atoms with E-state index in [-0.39, 0.29) is 0 Å². The number of halogens is 1. The molecule has 1 aliphatic heterocycles. The smallest absolute Gasteiger partial charge is 0.493 e. The predicted octanol–water partition coefficient (Wildman–Crippen LogP) is 3.76. The van der Waals surface area contributed by atoms with Gasteiger partial charge in [-0.3, -0.25) is 0 Å². The molecule has 0 radical (unpaired) electrons. The summed E-state index contributed by atoms with van der Waals surface area (Å²) >= 11 is 0. The average molecular weight is 417 g/mol. The summed E-state index contributed by atoms with van der Waals surface area (Å²) in [6.45, 7) is 8.09. The highest BCUT2D eigenvalue weighted by molar-refractivity contribution is 6.62. The minimum absolute atomic E-state index is 0.327. The number of rotatable bonds is 7. The van der Waals surface area contributed by atoms with Crippen molar-refractivity contribution in [3.63, 3.8) is 0 Å². The largest absolute Gasteiger partial charge is 0.497 e. The van der Waals surface area contributed by atoms with Gasteiger partial charge in [-0.1, -0.05) is 12.1 Å². The number of nitrogens with one attached hydrogen (secondary N) is 1. The lowest BCUT2D eigenvalue weighted by Gasteiger charge is -2.32. The number of hydrogen-bond donors (Lipinski definition) is 1. The lowest BCUT2D eigenvalue weighted by Crippen LogP contribution is -2.41. The topological polar surface area (TPSA) is 58.2 Å². The normalized spacial score (nSPS) is 17.0. The maximum atomic E-state index is 15.3. The van der Waals surface area contributed by atoms with Crippen molar-refractivity contribution in [2.75, 3.05) is 26.6 Å². The zero-order chi connectivity index (χ0) is 22.1. The molecule has 30 heavy (non-hydrogen) atoms. The van der Waals surface area contributed by atoms with Crippen LogP contribution >= 0.6 is 0 Å². The van der Waals surface area contributed by atoms with Gasteiger partial charge in [-0.25, -0.2) is 4.39 Å². The molecule has 1 aliphatic rings. The molecule has 0 spiro atoms. The lowest BCUT2D eigenvalue weighted by molar-refractivity contribution is 0.00578. The van der Waals surface area contributed by atoms with E-state index in [0.717, 1.165) is 5.56 Å². The average Bonchev–Trinajstić information content (AvgIpc) is 2.93. The van der Waals surface area contributed by atoms with Gasteiger partial charge in [0.1, 0.15) is 5.82 Å². The van der Waals surface area contributed by atoms with E-state index in [1.807, 2.05) is 33.8 Å². The van der Waals surface area contributed by atoms with Crippen LogP contribution in [0, 0.1) is 5.82 Å². The Balaban J connectivity index is 1.84. The fraction of sp³-hybridized carbons (Fsp3) is 0.455. The van der Waals surface area contributed by atoms with Crippen LogP contribution in [0.4, 0.5) is 10.1 Å². The van der Waals surface area contributed by atoms with Crippen LogP contribution in [0.25, 0.3) is 0 Å². The molecular formula is C22H29BFNO5. The molecule has 1 heterocycles. The molecular weight excluding hydrogens is 388 g/mol. The van der Waals surface area contributed by atoms with E-state index >= 15 is 4.39 Å². The first-order valence-electron chi connectivity index (χ1n) is 9.81. The Labute approximate surface area is 177 Å². The highest BCUT2D eigenvalue weighted by Crippen LogP contribution is 2.40. The Morgan fingerprint density at radius 2 is 1.53 bits per heavy atom. The van der Waals surface area contributed by atoms with Crippen molar-refractivity contribution in [1.29, 1.82) is 0 Å². The molecule has 2 aromatic rings. The highest BCUT2D eigenvalue weighted by atomic mass is 19.1. The molecule has 0 saturated carbocycles. The van der Waals surface area contributed by atoms with Crippen molar-refractivity contribution in [3.05, 3.63) is 41.7 Å². The third-order valence-electron chi connectivity index (χ3n) is 5.79. The molecule has 0 atom stereocenters. The Kier molecular flexibility index (Phi) is 6.20. The van der Waals surface area contributed by atoms with E-state index in [9.17, 15) is 0 Å². The van der Waals surface area contributed by atoms with Crippen molar-refractivity contribution in [2.24, 2.45) is 0 Å². The minimum atomic E-state index is -0.771. The van der Waals surface area contributed by atoms with Gasteiger partial charge in [-0.05, 0) is 45.9 Å². The highest BCUT2D eigenvalue weighted by Gasteiger charge is 2.52. The summed E-state index contributed by atoms with van der Waals surface area (Å²) in [6.07, 6.45) is 0. The molecule has 1 saturated heterocycles. The van der Waals surface area contributed by atoms with Crippen LogP contribution in [0.1, 0.15) is 33.3 Å². The second-order valence-corrected chi connectivity index (χ2v) is 8.14. The van der Waals surface area contributed by atoms with E-state index < -0.39 is 24.1 Å². The summed E-state index contributed by atoms with van der Waals surface area (Å²) in [6, 6.07) is 8.77. The van der Waals surface area contributed by atoms with Crippen LogP contribution in [0.15, 0.2) is 30.3 Å². The van der Waals surface area contributed by atoms with Crippen LogP contribution in [-0.2, 0) is 15.9 Å². The first-order chi connectivity index (χ1) is 14.1. The third-order valence-corrected chi connectivity index (χ3v) is 5.79. The van der Waals surface area contributed by atoms with E-state index in [2.05, 4.69) is 5.32 Å². The number of benzene rings is 2. The molecule has 8 heteroatoms. The zero-order valence-corrected chi connectivity index (χ0v) is 18.6. The molecule has 3 rings (SSSR count). The van der Waals surface area contributed by atoms with Gasteiger partial charge in [0.15, 0.2) is 11.5 Å². The maximum absolute atomic E-state index is 15.3. The summed E-state index contributed by atoms with van der Waals surface area (Å²) in [4.78, 5) is 0. The lowest BCUT2D eigenvalue weighted by atomic mass is 9.78. The van der Waals surface area contributed by atoms with Gasteiger partial charge in [-0.2, -0.15) is 0 Å². The molecule has 0 aliphatic carbocycles. The first-order valence-corrected chi connectivity index (χ1v) is 9.81. The SMILES string of the molecule is COc1ccc(CNc2cccc(B3OC(C)(C)C(C)(C)O3)c2F)c(OC)c1OC. The van der Waals surface area contributed by atoms with Crippen molar-refractivity contribution in [3.8, 4) is 17.2 Å². The van der Waals surface area contributed by atoms with Crippen molar-refractivity contribution < 1.29 is 27.9 Å². The Morgan fingerprint density at radius 3 is 2.10 bits per heavy atom. The van der Waals surface area contributed by atoms with E-state index in [0.29, 0.717) is 34.9 Å². The fourth-order valence-electron chi connectivity index (χ4n) is 3.33. The third kappa shape index (κ3) is 3.94. The van der Waals surface area contributed by atoms with Crippen LogP contribution in [0.5, 0.6) is 17.2 Å². The quantitative estimate of drug-likeness (QED) is 0.693.